The van der Waals surface area contributed by atoms with Crippen molar-refractivity contribution in [2.75, 3.05) is 37.9 Å². The number of nitrogens with zero attached hydrogens (tertiary/aromatic N) is 4. The molecule has 2 aromatic carbocycles. The highest BCUT2D eigenvalue weighted by atomic mass is 31.2. The molecule has 13 heteroatoms. The number of carbonyl (C=O) groups excluding carboxylic acids is 2. The SMILES string of the molecule is Cn1nnc2c1-c1ccccc1N(C(=O)CCCCC(=O)NCCCOCC(O)COP(C)(=O)O)Cc1ccccc1-2. The molecule has 12 nitrogen and oxygen atoms in total. The van der Waals surface area contributed by atoms with E-state index in [4.69, 9.17) is 9.63 Å². The normalized spacial score (nSPS) is 14.5. The molecule has 1 aliphatic heterocycles. The maximum Gasteiger partial charge on any atom is 0.325 e. The summed E-state index contributed by atoms with van der Waals surface area (Å²) in [7, 11) is -1.78. The van der Waals surface area contributed by atoms with Gasteiger partial charge in [0.25, 0.3) is 0 Å². The maximum absolute atomic E-state index is 13.5. The van der Waals surface area contributed by atoms with E-state index in [1.807, 2.05) is 60.5 Å². The van der Waals surface area contributed by atoms with Crippen LogP contribution in [0.1, 0.15) is 37.7 Å². The van der Waals surface area contributed by atoms with Crippen molar-refractivity contribution in [3.63, 3.8) is 0 Å². The summed E-state index contributed by atoms with van der Waals surface area (Å²) in [5, 5.41) is 21.2. The predicted molar refractivity (Wildman–Crippen MR) is 158 cm³/mol. The zero-order valence-corrected chi connectivity index (χ0v) is 24.8. The van der Waals surface area contributed by atoms with E-state index in [9.17, 15) is 19.3 Å². The van der Waals surface area contributed by atoms with Gasteiger partial charge in [-0.3, -0.25) is 14.2 Å². The third-order valence-corrected chi connectivity index (χ3v) is 7.46. The summed E-state index contributed by atoms with van der Waals surface area (Å²) < 4.78 is 22.8. The average molecular weight is 600 g/mol. The quantitative estimate of drug-likeness (QED) is 0.187. The number of aromatic nitrogens is 3. The third kappa shape index (κ3) is 8.56. The number of nitrogens with one attached hydrogen (secondary N) is 1. The molecule has 3 N–H and O–H groups in total. The molecule has 1 aliphatic rings. The van der Waals surface area contributed by atoms with Crippen LogP contribution in [0.25, 0.3) is 22.5 Å². The van der Waals surface area contributed by atoms with Gasteiger partial charge in [0.2, 0.25) is 11.8 Å². The van der Waals surface area contributed by atoms with Crippen molar-refractivity contribution < 1.29 is 33.4 Å². The number of hydrogen-bond donors (Lipinski definition) is 3. The molecule has 0 fully saturated rings. The second-order valence-electron chi connectivity index (χ2n) is 10.3. The number of unbranched alkanes of at least 4 members (excludes halogenated alkanes) is 1. The van der Waals surface area contributed by atoms with Gasteiger partial charge in [-0.2, -0.15) is 0 Å². The molecule has 4 rings (SSSR count). The van der Waals surface area contributed by atoms with E-state index in [0.29, 0.717) is 51.8 Å². The van der Waals surface area contributed by atoms with Crippen LogP contribution in [0.5, 0.6) is 0 Å². The van der Waals surface area contributed by atoms with E-state index >= 15 is 0 Å². The Bertz CT molecular complexity index is 1420. The number of amides is 2. The van der Waals surface area contributed by atoms with Crippen molar-refractivity contribution in [1.82, 2.24) is 20.3 Å². The van der Waals surface area contributed by atoms with E-state index in [1.54, 1.807) is 4.68 Å². The fourth-order valence-corrected chi connectivity index (χ4v) is 5.24. The first-order chi connectivity index (χ1) is 20.1. The fraction of sp³-hybridized carbons (Fsp3) is 0.448. The van der Waals surface area contributed by atoms with Crippen LogP contribution in [0.15, 0.2) is 48.5 Å². The molecule has 0 bridgehead atoms. The van der Waals surface area contributed by atoms with Crippen LogP contribution < -0.4 is 10.2 Å². The Hall–Kier alpha value is -3.41. The molecule has 2 unspecified atom stereocenters. The highest BCUT2D eigenvalue weighted by Gasteiger charge is 2.28. The molecule has 1 aromatic heterocycles. The molecule has 0 spiro atoms. The Morgan fingerprint density at radius 2 is 1.76 bits per heavy atom. The van der Waals surface area contributed by atoms with Crippen LogP contribution in [0, 0.1) is 0 Å². The van der Waals surface area contributed by atoms with Crippen LogP contribution >= 0.6 is 7.60 Å². The lowest BCUT2D eigenvalue weighted by Gasteiger charge is -2.28. The van der Waals surface area contributed by atoms with Crippen molar-refractivity contribution >= 4 is 25.1 Å². The Balaban J connectivity index is 1.23. The van der Waals surface area contributed by atoms with Crippen LogP contribution in [-0.2, 0) is 37.0 Å². The van der Waals surface area contributed by atoms with Crippen molar-refractivity contribution in [2.24, 2.45) is 7.05 Å². The van der Waals surface area contributed by atoms with Crippen LogP contribution in [-0.4, -0.2) is 75.9 Å². The van der Waals surface area contributed by atoms with Crippen molar-refractivity contribution in [3.05, 3.63) is 54.1 Å². The maximum atomic E-state index is 13.5. The van der Waals surface area contributed by atoms with Gasteiger partial charge in [0.15, 0.2) is 0 Å². The molecule has 0 aliphatic carbocycles. The monoisotopic (exact) mass is 599 g/mol. The summed E-state index contributed by atoms with van der Waals surface area (Å²) in [5.41, 5.74) is 5.30. The molecule has 42 heavy (non-hydrogen) atoms. The molecular formula is C29H38N5O7P. The number of rotatable bonds is 14. The summed E-state index contributed by atoms with van der Waals surface area (Å²) in [4.78, 5) is 36.7. The number of anilines is 1. The topological polar surface area (TPSA) is 156 Å². The first kappa shape index (κ1) is 31.5. The number of carbonyl (C=O) groups is 2. The van der Waals surface area contributed by atoms with Gasteiger partial charge in [-0.1, -0.05) is 47.7 Å². The predicted octanol–water partition coefficient (Wildman–Crippen LogP) is 3.27. The minimum atomic E-state index is -3.63. The molecule has 2 amide bonds. The van der Waals surface area contributed by atoms with Crippen LogP contribution in [0.2, 0.25) is 0 Å². The molecule has 0 radical (unpaired) electrons. The lowest BCUT2D eigenvalue weighted by molar-refractivity contribution is -0.122. The Morgan fingerprint density at radius 3 is 2.55 bits per heavy atom. The summed E-state index contributed by atoms with van der Waals surface area (Å²) in [6, 6.07) is 15.7. The van der Waals surface area contributed by atoms with E-state index in [-0.39, 0.29) is 25.0 Å². The van der Waals surface area contributed by atoms with E-state index < -0.39 is 13.7 Å². The number of para-hydroxylation sites is 1. The van der Waals surface area contributed by atoms with Crippen molar-refractivity contribution in [2.45, 2.75) is 44.8 Å². The van der Waals surface area contributed by atoms with Crippen LogP contribution in [0.3, 0.4) is 0 Å². The molecule has 0 saturated heterocycles. The lowest BCUT2D eigenvalue weighted by atomic mass is 9.95. The van der Waals surface area contributed by atoms with E-state index in [2.05, 4.69) is 20.2 Å². The average Bonchev–Trinajstić information content (AvgIpc) is 3.34. The zero-order valence-electron chi connectivity index (χ0n) is 23.9. The fourth-order valence-electron chi connectivity index (χ4n) is 4.80. The van der Waals surface area contributed by atoms with Gasteiger partial charge >= 0.3 is 7.60 Å². The summed E-state index contributed by atoms with van der Waals surface area (Å²) in [6.45, 7) is 1.87. The smallest absolute Gasteiger partial charge is 0.325 e. The molecular weight excluding hydrogens is 561 g/mol. The number of fused-ring (bicyclic) bond motifs is 5. The number of benzene rings is 2. The Morgan fingerprint density at radius 1 is 1.05 bits per heavy atom. The number of aliphatic hydroxyl groups excluding tert-OH is 1. The minimum Gasteiger partial charge on any atom is -0.388 e. The summed E-state index contributed by atoms with van der Waals surface area (Å²) >= 11 is 0. The first-order valence-electron chi connectivity index (χ1n) is 14.0. The Kier molecular flexibility index (Phi) is 11.0. The van der Waals surface area contributed by atoms with Crippen molar-refractivity contribution in [3.8, 4) is 22.5 Å². The number of aliphatic hydroxyl groups is 1. The highest BCUT2D eigenvalue weighted by Crippen LogP contribution is 2.41. The molecule has 3 aromatic rings. The van der Waals surface area contributed by atoms with E-state index in [0.717, 1.165) is 40.4 Å². The highest BCUT2D eigenvalue weighted by molar-refractivity contribution is 7.51. The summed E-state index contributed by atoms with van der Waals surface area (Å²) in [6.07, 6.45) is 1.32. The van der Waals surface area contributed by atoms with Gasteiger partial charge < -0.3 is 29.5 Å². The zero-order chi connectivity index (χ0) is 30.1. The van der Waals surface area contributed by atoms with E-state index in [1.165, 1.54) is 0 Å². The van der Waals surface area contributed by atoms with Gasteiger partial charge in [-0.05, 0) is 30.9 Å². The number of ether oxygens (including phenoxy) is 1. The third-order valence-electron chi connectivity index (χ3n) is 6.83. The number of hydrogen-bond acceptors (Lipinski definition) is 8. The van der Waals surface area contributed by atoms with Crippen LogP contribution in [0.4, 0.5) is 5.69 Å². The largest absolute Gasteiger partial charge is 0.388 e. The van der Waals surface area contributed by atoms with Gasteiger partial charge in [-0.25, -0.2) is 4.68 Å². The molecule has 0 saturated carbocycles. The standard InChI is InChI=1S/C29H38N5O7P/c1-33-29-24-12-5-6-13-25(24)34(18-21-10-3-4-11-23(21)28(29)31-32-33)27(37)15-8-7-14-26(36)30-16-9-17-40-19-22(35)20-41-42(2,38)39/h3-6,10-13,22,35H,7-9,14-20H2,1-2H3,(H,30,36)(H,38,39). The van der Waals surface area contributed by atoms with Gasteiger partial charge in [0.1, 0.15) is 11.8 Å². The molecule has 2 heterocycles. The lowest BCUT2D eigenvalue weighted by Crippen LogP contribution is -2.31. The minimum absolute atomic E-state index is 0.0123. The van der Waals surface area contributed by atoms with Gasteiger partial charge in [0.05, 0.1) is 31.1 Å². The Labute approximate surface area is 245 Å². The van der Waals surface area contributed by atoms with Gasteiger partial charge in [0, 0.05) is 50.8 Å². The number of aryl methyl sites for hydroxylation is 1. The summed E-state index contributed by atoms with van der Waals surface area (Å²) in [5.74, 6) is -0.110. The second-order valence-corrected chi connectivity index (χ2v) is 12.2. The molecule has 226 valence electrons. The first-order valence-corrected chi connectivity index (χ1v) is 16.0. The van der Waals surface area contributed by atoms with Crippen molar-refractivity contribution in [1.29, 1.82) is 0 Å². The molecule has 2 atom stereocenters. The van der Waals surface area contributed by atoms with Gasteiger partial charge in [-0.15, -0.1) is 5.10 Å². The second kappa shape index (κ2) is 14.7.